The minimum Gasteiger partial charge on any atom is -0.497 e. The molecule has 0 amide bonds. The van der Waals surface area contributed by atoms with Crippen molar-refractivity contribution in [2.75, 3.05) is 26.7 Å². The van der Waals surface area contributed by atoms with Gasteiger partial charge in [-0.15, -0.1) is 11.3 Å². The van der Waals surface area contributed by atoms with Crippen LogP contribution in [0.25, 0.3) is 0 Å². The quantitative estimate of drug-likeness (QED) is 0.750. The zero-order valence-electron chi connectivity index (χ0n) is 13.4. The van der Waals surface area contributed by atoms with Gasteiger partial charge in [-0.2, -0.15) is 0 Å². The monoisotopic (exact) mass is 394 g/mol. The molecule has 1 aromatic carbocycles. The highest BCUT2D eigenvalue weighted by atomic mass is 79.9. The lowest BCUT2D eigenvalue weighted by Gasteiger charge is -2.28. The molecule has 2 aromatic rings. The average Bonchev–Trinajstić information content (AvgIpc) is 3.23. The normalized spacial score (nSPS) is 16.6. The lowest BCUT2D eigenvalue weighted by Crippen LogP contribution is -2.33. The number of nitrogens with zero attached hydrogens (tertiary/aromatic N) is 1. The zero-order valence-corrected chi connectivity index (χ0v) is 15.8. The highest BCUT2D eigenvalue weighted by Crippen LogP contribution is 2.27. The fourth-order valence-corrected chi connectivity index (χ4v) is 4.59. The van der Waals surface area contributed by atoms with E-state index in [4.69, 9.17) is 4.74 Å². The van der Waals surface area contributed by atoms with Crippen LogP contribution in [0.1, 0.15) is 29.3 Å². The maximum Gasteiger partial charge on any atom is 0.119 e. The summed E-state index contributed by atoms with van der Waals surface area (Å²) in [4.78, 5) is 3.95. The SMILES string of the molecule is COc1cccc(C(CNCc2ccc(Br)s2)N2CCCC2)c1. The lowest BCUT2D eigenvalue weighted by molar-refractivity contribution is 0.238. The molecule has 1 atom stereocenters. The molecule has 5 heteroatoms. The molecule has 0 radical (unpaired) electrons. The molecule has 0 bridgehead atoms. The first kappa shape index (κ1) is 17.0. The van der Waals surface area contributed by atoms with E-state index in [0.29, 0.717) is 6.04 Å². The molecular formula is C18H23BrN2OS. The number of nitrogens with one attached hydrogen (secondary N) is 1. The Labute approximate surface area is 150 Å². The van der Waals surface area contributed by atoms with Crippen molar-refractivity contribution in [3.05, 3.63) is 50.6 Å². The molecule has 3 nitrogen and oxygen atoms in total. The van der Waals surface area contributed by atoms with Crippen LogP contribution < -0.4 is 10.1 Å². The Kier molecular flexibility index (Phi) is 6.11. The maximum atomic E-state index is 5.40. The van der Waals surface area contributed by atoms with Crippen LogP contribution in [0.3, 0.4) is 0 Å². The lowest BCUT2D eigenvalue weighted by atomic mass is 10.0. The minimum atomic E-state index is 0.413. The summed E-state index contributed by atoms with van der Waals surface area (Å²) in [6.07, 6.45) is 2.61. The smallest absolute Gasteiger partial charge is 0.119 e. The standard InChI is InChI=1S/C18H23BrN2OS/c1-22-15-6-4-5-14(11-15)17(21-9-2-3-10-21)13-20-12-16-7-8-18(19)23-16/h4-8,11,17,20H,2-3,9-10,12-13H2,1H3. The molecule has 124 valence electrons. The number of methoxy groups -OCH3 is 1. The van der Waals surface area contributed by atoms with Gasteiger partial charge in [-0.05, 0) is 71.7 Å². The van der Waals surface area contributed by atoms with Crippen LogP contribution in [0, 0.1) is 0 Å². The van der Waals surface area contributed by atoms with E-state index in [1.807, 2.05) is 6.07 Å². The molecule has 23 heavy (non-hydrogen) atoms. The molecule has 1 saturated heterocycles. The van der Waals surface area contributed by atoms with Crippen molar-refractivity contribution in [2.24, 2.45) is 0 Å². The van der Waals surface area contributed by atoms with E-state index in [0.717, 1.165) is 18.8 Å². The first-order valence-corrected chi connectivity index (χ1v) is 9.70. The van der Waals surface area contributed by atoms with Gasteiger partial charge in [-0.3, -0.25) is 4.90 Å². The summed E-state index contributed by atoms with van der Waals surface area (Å²) in [6, 6.07) is 13.2. The van der Waals surface area contributed by atoms with Gasteiger partial charge in [0.15, 0.2) is 0 Å². The van der Waals surface area contributed by atoms with Crippen LogP contribution in [0.2, 0.25) is 0 Å². The Morgan fingerprint density at radius 2 is 2.09 bits per heavy atom. The van der Waals surface area contributed by atoms with Crippen molar-refractivity contribution in [1.29, 1.82) is 0 Å². The van der Waals surface area contributed by atoms with E-state index in [1.165, 1.54) is 40.2 Å². The van der Waals surface area contributed by atoms with Crippen LogP contribution in [0.5, 0.6) is 5.75 Å². The highest BCUT2D eigenvalue weighted by molar-refractivity contribution is 9.11. The molecule has 1 aliphatic heterocycles. The number of benzene rings is 1. The van der Waals surface area contributed by atoms with Gasteiger partial charge >= 0.3 is 0 Å². The van der Waals surface area contributed by atoms with E-state index >= 15 is 0 Å². The van der Waals surface area contributed by atoms with E-state index in [1.54, 1.807) is 18.4 Å². The van der Waals surface area contributed by atoms with Crippen molar-refractivity contribution >= 4 is 27.3 Å². The molecule has 0 aliphatic carbocycles. The molecule has 0 saturated carbocycles. The van der Waals surface area contributed by atoms with Gasteiger partial charge in [0.25, 0.3) is 0 Å². The maximum absolute atomic E-state index is 5.40. The Balaban J connectivity index is 1.67. The van der Waals surface area contributed by atoms with E-state index in [2.05, 4.69) is 56.5 Å². The van der Waals surface area contributed by atoms with E-state index in [9.17, 15) is 0 Å². The molecule has 1 N–H and O–H groups in total. The number of hydrogen-bond donors (Lipinski definition) is 1. The van der Waals surface area contributed by atoms with Gasteiger partial charge < -0.3 is 10.1 Å². The van der Waals surface area contributed by atoms with Crippen molar-refractivity contribution in [1.82, 2.24) is 10.2 Å². The number of rotatable bonds is 7. The third-order valence-electron chi connectivity index (χ3n) is 4.33. The largest absolute Gasteiger partial charge is 0.497 e. The molecule has 1 unspecified atom stereocenters. The topological polar surface area (TPSA) is 24.5 Å². The predicted molar refractivity (Wildman–Crippen MR) is 100 cm³/mol. The van der Waals surface area contributed by atoms with Crippen molar-refractivity contribution in [2.45, 2.75) is 25.4 Å². The molecule has 1 aromatic heterocycles. The van der Waals surface area contributed by atoms with Gasteiger partial charge in [0.1, 0.15) is 5.75 Å². The van der Waals surface area contributed by atoms with Crippen LogP contribution in [-0.2, 0) is 6.54 Å². The first-order valence-electron chi connectivity index (χ1n) is 8.09. The summed E-state index contributed by atoms with van der Waals surface area (Å²) in [6.45, 7) is 4.26. The number of halogens is 1. The Bertz CT molecular complexity index is 625. The third kappa shape index (κ3) is 4.57. The molecular weight excluding hydrogens is 372 g/mol. The Hall–Kier alpha value is -0.880. The second-order valence-corrected chi connectivity index (χ2v) is 8.42. The number of likely N-dealkylation sites (tertiary alicyclic amines) is 1. The number of ether oxygens (including phenoxy) is 1. The number of hydrogen-bond acceptors (Lipinski definition) is 4. The third-order valence-corrected chi connectivity index (χ3v) is 5.95. The Morgan fingerprint density at radius 3 is 2.78 bits per heavy atom. The summed E-state index contributed by atoms with van der Waals surface area (Å²) in [5, 5.41) is 3.64. The van der Waals surface area contributed by atoms with Crippen LogP contribution >= 0.6 is 27.3 Å². The summed E-state index contributed by atoms with van der Waals surface area (Å²) in [5.41, 5.74) is 1.34. The minimum absolute atomic E-state index is 0.413. The van der Waals surface area contributed by atoms with Crippen molar-refractivity contribution < 1.29 is 4.74 Å². The van der Waals surface area contributed by atoms with Crippen molar-refractivity contribution in [3.8, 4) is 5.75 Å². The molecule has 3 rings (SSSR count). The molecule has 1 fully saturated rings. The fraction of sp³-hybridized carbons (Fsp3) is 0.444. The Morgan fingerprint density at radius 1 is 1.26 bits per heavy atom. The fourth-order valence-electron chi connectivity index (χ4n) is 3.14. The van der Waals surface area contributed by atoms with Crippen molar-refractivity contribution in [3.63, 3.8) is 0 Å². The zero-order chi connectivity index (χ0) is 16.1. The highest BCUT2D eigenvalue weighted by Gasteiger charge is 2.23. The predicted octanol–water partition coefficient (Wildman–Crippen LogP) is 4.45. The second-order valence-electron chi connectivity index (χ2n) is 5.87. The summed E-state index contributed by atoms with van der Waals surface area (Å²) in [7, 11) is 1.73. The van der Waals surface area contributed by atoms with Crippen LogP contribution in [-0.4, -0.2) is 31.6 Å². The van der Waals surface area contributed by atoms with Crippen LogP contribution in [0.15, 0.2) is 40.2 Å². The molecule has 0 spiro atoms. The van der Waals surface area contributed by atoms with Crippen LogP contribution in [0.4, 0.5) is 0 Å². The summed E-state index contributed by atoms with van der Waals surface area (Å²) < 4.78 is 6.59. The first-order chi connectivity index (χ1) is 11.3. The number of thiophene rings is 1. The average molecular weight is 395 g/mol. The van der Waals surface area contributed by atoms with Gasteiger partial charge in [-0.1, -0.05) is 12.1 Å². The van der Waals surface area contributed by atoms with Gasteiger partial charge in [-0.25, -0.2) is 0 Å². The van der Waals surface area contributed by atoms with Gasteiger partial charge in [0.2, 0.25) is 0 Å². The molecule has 1 aliphatic rings. The van der Waals surface area contributed by atoms with Gasteiger partial charge in [0, 0.05) is 24.0 Å². The summed E-state index contributed by atoms with van der Waals surface area (Å²) in [5.74, 6) is 0.939. The van der Waals surface area contributed by atoms with E-state index in [-0.39, 0.29) is 0 Å². The summed E-state index contributed by atoms with van der Waals surface area (Å²) >= 11 is 5.32. The van der Waals surface area contributed by atoms with Gasteiger partial charge in [0.05, 0.1) is 10.9 Å². The van der Waals surface area contributed by atoms with E-state index < -0.39 is 0 Å². The molecule has 2 heterocycles. The second kappa shape index (κ2) is 8.29.